The molecule has 0 aliphatic rings. The molecular formula is C12H13F2NO3. The second-order valence-electron chi connectivity index (χ2n) is 3.91. The van der Waals surface area contributed by atoms with Gasteiger partial charge in [0.25, 0.3) is 5.91 Å². The van der Waals surface area contributed by atoms with Crippen LogP contribution in [0.15, 0.2) is 18.2 Å². The van der Waals surface area contributed by atoms with Gasteiger partial charge in [0, 0.05) is 6.54 Å². The monoisotopic (exact) mass is 257 g/mol. The lowest BCUT2D eigenvalue weighted by atomic mass is 10.1. The minimum atomic E-state index is -0.971. The van der Waals surface area contributed by atoms with Gasteiger partial charge in [-0.3, -0.25) is 9.59 Å². The Kier molecular flexibility index (Phi) is 4.76. The molecule has 1 amide bonds. The van der Waals surface area contributed by atoms with Gasteiger partial charge < -0.3 is 10.4 Å². The summed E-state index contributed by atoms with van der Waals surface area (Å²) in [4.78, 5) is 22.0. The van der Waals surface area contributed by atoms with E-state index in [-0.39, 0.29) is 13.0 Å². The average molecular weight is 257 g/mol. The van der Waals surface area contributed by atoms with Crippen molar-refractivity contribution in [3.8, 4) is 0 Å². The van der Waals surface area contributed by atoms with E-state index in [4.69, 9.17) is 5.11 Å². The molecule has 6 heteroatoms. The number of benzene rings is 1. The van der Waals surface area contributed by atoms with Crippen LogP contribution in [0.4, 0.5) is 8.78 Å². The summed E-state index contributed by atoms with van der Waals surface area (Å²) >= 11 is 0. The Balaban J connectivity index is 2.55. The first-order valence-corrected chi connectivity index (χ1v) is 5.38. The molecule has 1 unspecified atom stereocenters. The number of carbonyl (C=O) groups excluding carboxylic acids is 1. The summed E-state index contributed by atoms with van der Waals surface area (Å²) in [6.45, 7) is 1.58. The van der Waals surface area contributed by atoms with Crippen LogP contribution in [0, 0.1) is 17.6 Å². The van der Waals surface area contributed by atoms with Crippen molar-refractivity contribution >= 4 is 11.9 Å². The number of carbonyl (C=O) groups is 2. The van der Waals surface area contributed by atoms with Crippen LogP contribution in [0.25, 0.3) is 0 Å². The molecule has 1 aromatic carbocycles. The Hall–Kier alpha value is -1.98. The third-order valence-electron chi connectivity index (χ3n) is 2.46. The maximum absolute atomic E-state index is 13.2. The summed E-state index contributed by atoms with van der Waals surface area (Å²) in [5.74, 6) is -3.87. The second kappa shape index (κ2) is 6.09. The van der Waals surface area contributed by atoms with Crippen molar-refractivity contribution in [1.29, 1.82) is 0 Å². The lowest BCUT2D eigenvalue weighted by molar-refractivity contribution is -0.141. The molecular weight excluding hydrogens is 244 g/mol. The number of halogens is 2. The molecule has 0 aliphatic heterocycles. The van der Waals surface area contributed by atoms with Gasteiger partial charge in [0.05, 0.1) is 11.5 Å². The standard InChI is InChI=1S/C12H13F2NO3/c1-7(12(17)18)4-5-15-11(16)9-6-8(13)2-3-10(9)14/h2-3,6-7H,4-5H2,1H3,(H,15,16)(H,17,18). The fourth-order valence-electron chi connectivity index (χ4n) is 1.29. The maximum Gasteiger partial charge on any atom is 0.306 e. The van der Waals surface area contributed by atoms with E-state index in [9.17, 15) is 18.4 Å². The van der Waals surface area contributed by atoms with Crippen LogP contribution < -0.4 is 5.32 Å². The van der Waals surface area contributed by atoms with Crippen molar-refractivity contribution < 1.29 is 23.5 Å². The van der Waals surface area contributed by atoms with Gasteiger partial charge in [-0.2, -0.15) is 0 Å². The predicted octanol–water partition coefficient (Wildman–Crippen LogP) is 1.81. The molecule has 0 fully saturated rings. The van der Waals surface area contributed by atoms with E-state index in [0.29, 0.717) is 0 Å². The largest absolute Gasteiger partial charge is 0.481 e. The summed E-state index contributed by atoms with van der Waals surface area (Å²) in [7, 11) is 0. The predicted molar refractivity (Wildman–Crippen MR) is 60.1 cm³/mol. The number of hydrogen-bond donors (Lipinski definition) is 2. The molecule has 0 heterocycles. The van der Waals surface area contributed by atoms with Crippen molar-refractivity contribution in [2.75, 3.05) is 6.54 Å². The highest BCUT2D eigenvalue weighted by atomic mass is 19.1. The van der Waals surface area contributed by atoms with E-state index in [2.05, 4.69) is 5.32 Å². The van der Waals surface area contributed by atoms with E-state index in [0.717, 1.165) is 18.2 Å². The summed E-state index contributed by atoms with van der Waals surface area (Å²) in [5, 5.41) is 11.0. The number of carboxylic acids is 1. The highest BCUT2D eigenvalue weighted by molar-refractivity contribution is 5.94. The fourth-order valence-corrected chi connectivity index (χ4v) is 1.29. The number of hydrogen-bond acceptors (Lipinski definition) is 2. The smallest absolute Gasteiger partial charge is 0.306 e. The van der Waals surface area contributed by atoms with E-state index in [1.807, 2.05) is 0 Å². The summed E-state index contributed by atoms with van der Waals surface area (Å²) in [6.07, 6.45) is 0.220. The molecule has 0 radical (unpaired) electrons. The van der Waals surface area contributed by atoms with Gasteiger partial charge >= 0.3 is 5.97 Å². The molecule has 0 saturated heterocycles. The van der Waals surface area contributed by atoms with Gasteiger partial charge in [-0.1, -0.05) is 6.92 Å². The Labute approximate surface area is 103 Å². The Morgan fingerprint density at radius 2 is 2.06 bits per heavy atom. The quantitative estimate of drug-likeness (QED) is 0.845. The van der Waals surface area contributed by atoms with Crippen molar-refractivity contribution in [2.45, 2.75) is 13.3 Å². The van der Waals surface area contributed by atoms with Gasteiger partial charge in [-0.15, -0.1) is 0 Å². The molecule has 1 aromatic rings. The fraction of sp³-hybridized carbons (Fsp3) is 0.333. The molecule has 0 aromatic heterocycles. The number of carboxylic acid groups (broad SMARTS) is 1. The molecule has 18 heavy (non-hydrogen) atoms. The molecule has 4 nitrogen and oxygen atoms in total. The van der Waals surface area contributed by atoms with Gasteiger partial charge in [0.2, 0.25) is 0 Å². The number of nitrogens with one attached hydrogen (secondary N) is 1. The third-order valence-corrected chi connectivity index (χ3v) is 2.46. The zero-order valence-electron chi connectivity index (χ0n) is 9.74. The van der Waals surface area contributed by atoms with Gasteiger partial charge in [-0.25, -0.2) is 8.78 Å². The highest BCUT2D eigenvalue weighted by Crippen LogP contribution is 2.09. The normalized spacial score (nSPS) is 11.9. The van der Waals surface area contributed by atoms with Crippen LogP contribution in [-0.2, 0) is 4.79 Å². The molecule has 2 N–H and O–H groups in total. The van der Waals surface area contributed by atoms with E-state index in [1.54, 1.807) is 0 Å². The summed E-state index contributed by atoms with van der Waals surface area (Å²) in [6, 6.07) is 2.58. The van der Waals surface area contributed by atoms with Crippen molar-refractivity contribution in [2.24, 2.45) is 5.92 Å². The first-order valence-electron chi connectivity index (χ1n) is 5.38. The lowest BCUT2D eigenvalue weighted by Crippen LogP contribution is -2.27. The molecule has 0 bridgehead atoms. The Morgan fingerprint density at radius 3 is 2.67 bits per heavy atom. The number of aliphatic carboxylic acids is 1. The van der Waals surface area contributed by atoms with Crippen molar-refractivity contribution in [3.63, 3.8) is 0 Å². The summed E-state index contributed by atoms with van der Waals surface area (Å²) < 4.78 is 26.1. The van der Waals surface area contributed by atoms with Gasteiger partial charge in [-0.05, 0) is 24.6 Å². The lowest BCUT2D eigenvalue weighted by Gasteiger charge is -2.08. The first-order chi connectivity index (χ1) is 8.41. The van der Waals surface area contributed by atoms with Crippen LogP contribution in [-0.4, -0.2) is 23.5 Å². The molecule has 98 valence electrons. The second-order valence-corrected chi connectivity index (χ2v) is 3.91. The zero-order valence-corrected chi connectivity index (χ0v) is 9.74. The minimum Gasteiger partial charge on any atom is -0.481 e. The average Bonchev–Trinajstić information content (AvgIpc) is 2.31. The Bertz CT molecular complexity index is 463. The van der Waals surface area contributed by atoms with Crippen LogP contribution in [0.1, 0.15) is 23.7 Å². The molecule has 1 atom stereocenters. The highest BCUT2D eigenvalue weighted by Gasteiger charge is 2.14. The minimum absolute atomic E-state index is 0.0856. The van der Waals surface area contributed by atoms with E-state index in [1.165, 1.54) is 6.92 Å². The Morgan fingerprint density at radius 1 is 1.39 bits per heavy atom. The van der Waals surface area contributed by atoms with Crippen molar-refractivity contribution in [3.05, 3.63) is 35.4 Å². The number of rotatable bonds is 5. The van der Waals surface area contributed by atoms with Gasteiger partial charge in [0.1, 0.15) is 11.6 Å². The third kappa shape index (κ3) is 3.80. The van der Waals surface area contributed by atoms with E-state index < -0.39 is 35.0 Å². The summed E-state index contributed by atoms with van der Waals surface area (Å²) in [5.41, 5.74) is -0.391. The topological polar surface area (TPSA) is 66.4 Å². The SMILES string of the molecule is CC(CCNC(=O)c1cc(F)ccc1F)C(=O)O. The molecule has 1 rings (SSSR count). The van der Waals surface area contributed by atoms with E-state index >= 15 is 0 Å². The van der Waals surface area contributed by atoms with Crippen LogP contribution >= 0.6 is 0 Å². The molecule has 0 saturated carbocycles. The van der Waals surface area contributed by atoms with Crippen LogP contribution in [0.2, 0.25) is 0 Å². The van der Waals surface area contributed by atoms with Gasteiger partial charge in [0.15, 0.2) is 0 Å². The van der Waals surface area contributed by atoms with Crippen molar-refractivity contribution in [1.82, 2.24) is 5.32 Å². The first kappa shape index (κ1) is 14.1. The molecule has 0 aliphatic carbocycles. The number of amides is 1. The maximum atomic E-state index is 13.2. The van der Waals surface area contributed by atoms with Crippen LogP contribution in [0.5, 0.6) is 0 Å². The van der Waals surface area contributed by atoms with Crippen LogP contribution in [0.3, 0.4) is 0 Å². The zero-order chi connectivity index (χ0) is 13.7. The molecule has 0 spiro atoms.